The van der Waals surface area contributed by atoms with Crippen LogP contribution in [0.5, 0.6) is 5.75 Å². The van der Waals surface area contributed by atoms with E-state index >= 15 is 0 Å². The molecule has 1 aromatic carbocycles. The standard InChI is InChI=1S/C18H23N3O3/c1-13-18(14(2)20(3)19-13)16-11-23-10-9-21(16)17(22)12-24-15-7-5-4-6-8-15/h4-8,16H,9-12H2,1-3H3. The van der Waals surface area contributed by atoms with Crippen LogP contribution in [0.4, 0.5) is 0 Å². The second kappa shape index (κ2) is 7.05. The van der Waals surface area contributed by atoms with Gasteiger partial charge < -0.3 is 14.4 Å². The molecular weight excluding hydrogens is 306 g/mol. The fourth-order valence-corrected chi connectivity index (χ4v) is 3.16. The Hall–Kier alpha value is -2.34. The lowest BCUT2D eigenvalue weighted by Gasteiger charge is -2.36. The number of carbonyl (C=O) groups excluding carboxylic acids is 1. The summed E-state index contributed by atoms with van der Waals surface area (Å²) < 4.78 is 13.1. The van der Waals surface area contributed by atoms with Crippen molar-refractivity contribution < 1.29 is 14.3 Å². The Bertz CT molecular complexity index is 712. The van der Waals surface area contributed by atoms with Crippen molar-refractivity contribution in [3.8, 4) is 5.75 Å². The predicted molar refractivity (Wildman–Crippen MR) is 89.9 cm³/mol. The van der Waals surface area contributed by atoms with Gasteiger partial charge in [0.15, 0.2) is 6.61 Å². The number of para-hydroxylation sites is 1. The van der Waals surface area contributed by atoms with Gasteiger partial charge in [0, 0.05) is 24.8 Å². The molecule has 1 aliphatic heterocycles. The van der Waals surface area contributed by atoms with Crippen LogP contribution in [-0.4, -0.2) is 47.0 Å². The first-order valence-corrected chi connectivity index (χ1v) is 8.13. The molecular formula is C18H23N3O3. The number of rotatable bonds is 4. The van der Waals surface area contributed by atoms with Crippen molar-refractivity contribution in [2.75, 3.05) is 26.4 Å². The van der Waals surface area contributed by atoms with Crippen molar-refractivity contribution in [3.05, 3.63) is 47.3 Å². The summed E-state index contributed by atoms with van der Waals surface area (Å²) in [5.74, 6) is 0.666. The van der Waals surface area contributed by atoms with Crippen LogP contribution < -0.4 is 4.74 Å². The van der Waals surface area contributed by atoms with Gasteiger partial charge in [-0.2, -0.15) is 5.10 Å². The quantitative estimate of drug-likeness (QED) is 0.861. The summed E-state index contributed by atoms with van der Waals surface area (Å²) in [6.45, 7) is 5.62. The summed E-state index contributed by atoms with van der Waals surface area (Å²) >= 11 is 0. The normalized spacial score (nSPS) is 17.8. The zero-order valence-electron chi connectivity index (χ0n) is 14.4. The van der Waals surface area contributed by atoms with Gasteiger partial charge in [0.2, 0.25) is 0 Å². The highest BCUT2D eigenvalue weighted by Gasteiger charge is 2.32. The number of hydrogen-bond donors (Lipinski definition) is 0. The van der Waals surface area contributed by atoms with Crippen LogP contribution in [-0.2, 0) is 16.6 Å². The van der Waals surface area contributed by atoms with E-state index in [-0.39, 0.29) is 18.6 Å². The van der Waals surface area contributed by atoms with Crippen molar-refractivity contribution in [1.29, 1.82) is 0 Å². The molecule has 0 aliphatic carbocycles. The number of aromatic nitrogens is 2. The van der Waals surface area contributed by atoms with Crippen LogP contribution in [0, 0.1) is 13.8 Å². The molecule has 0 radical (unpaired) electrons. The summed E-state index contributed by atoms with van der Waals surface area (Å²) in [6.07, 6.45) is 0. The minimum absolute atomic E-state index is 0.0267. The molecule has 6 nitrogen and oxygen atoms in total. The van der Waals surface area contributed by atoms with Crippen molar-refractivity contribution in [2.45, 2.75) is 19.9 Å². The number of hydrogen-bond acceptors (Lipinski definition) is 4. The molecule has 2 aromatic rings. The molecule has 128 valence electrons. The number of nitrogens with zero attached hydrogens (tertiary/aromatic N) is 3. The van der Waals surface area contributed by atoms with Crippen molar-refractivity contribution >= 4 is 5.91 Å². The fraction of sp³-hybridized carbons (Fsp3) is 0.444. The van der Waals surface area contributed by atoms with Gasteiger partial charge >= 0.3 is 0 Å². The Balaban J connectivity index is 1.75. The van der Waals surface area contributed by atoms with E-state index < -0.39 is 0 Å². The topological polar surface area (TPSA) is 56.6 Å². The van der Waals surface area contributed by atoms with E-state index in [0.717, 1.165) is 17.0 Å². The van der Waals surface area contributed by atoms with E-state index in [1.165, 1.54) is 0 Å². The van der Waals surface area contributed by atoms with E-state index in [1.807, 2.05) is 60.8 Å². The number of aryl methyl sites for hydroxylation is 2. The molecule has 1 aliphatic rings. The molecule has 0 spiro atoms. The predicted octanol–water partition coefficient (Wildman–Crippen LogP) is 2.02. The first kappa shape index (κ1) is 16.5. The third-order valence-corrected chi connectivity index (χ3v) is 4.45. The third kappa shape index (κ3) is 3.28. The number of carbonyl (C=O) groups is 1. The van der Waals surface area contributed by atoms with Gasteiger partial charge in [-0.25, -0.2) is 0 Å². The Morgan fingerprint density at radius 3 is 2.75 bits per heavy atom. The summed E-state index contributed by atoms with van der Waals surface area (Å²) in [5.41, 5.74) is 3.07. The lowest BCUT2D eigenvalue weighted by Crippen LogP contribution is -2.45. The van der Waals surface area contributed by atoms with E-state index in [2.05, 4.69) is 5.10 Å². The smallest absolute Gasteiger partial charge is 0.261 e. The molecule has 6 heteroatoms. The van der Waals surface area contributed by atoms with Gasteiger partial charge in [0.25, 0.3) is 5.91 Å². The molecule has 2 heterocycles. The maximum atomic E-state index is 12.7. The summed E-state index contributed by atoms with van der Waals surface area (Å²) in [7, 11) is 1.92. The van der Waals surface area contributed by atoms with Crippen molar-refractivity contribution in [3.63, 3.8) is 0 Å². The highest BCUT2D eigenvalue weighted by Crippen LogP contribution is 2.29. The molecule has 24 heavy (non-hydrogen) atoms. The third-order valence-electron chi connectivity index (χ3n) is 4.45. The molecule has 1 aromatic heterocycles. The number of amides is 1. The van der Waals surface area contributed by atoms with E-state index in [9.17, 15) is 4.79 Å². The minimum Gasteiger partial charge on any atom is -0.484 e. The lowest BCUT2D eigenvalue weighted by atomic mass is 10.0. The van der Waals surface area contributed by atoms with Crippen LogP contribution in [0.25, 0.3) is 0 Å². The molecule has 1 saturated heterocycles. The Labute approximate surface area is 142 Å². The highest BCUT2D eigenvalue weighted by molar-refractivity contribution is 5.78. The minimum atomic E-state index is -0.112. The largest absolute Gasteiger partial charge is 0.484 e. The second-order valence-corrected chi connectivity index (χ2v) is 5.99. The van der Waals surface area contributed by atoms with Gasteiger partial charge in [0.1, 0.15) is 5.75 Å². The van der Waals surface area contributed by atoms with E-state index in [0.29, 0.717) is 25.5 Å². The van der Waals surface area contributed by atoms with Crippen LogP contribution in [0.15, 0.2) is 30.3 Å². The van der Waals surface area contributed by atoms with Gasteiger partial charge in [-0.05, 0) is 26.0 Å². The summed E-state index contributed by atoms with van der Waals surface area (Å²) in [4.78, 5) is 14.6. The van der Waals surface area contributed by atoms with Crippen LogP contribution in [0.2, 0.25) is 0 Å². The molecule has 1 atom stereocenters. The zero-order valence-corrected chi connectivity index (χ0v) is 14.4. The number of benzene rings is 1. The van der Waals surface area contributed by atoms with Gasteiger partial charge in [-0.1, -0.05) is 18.2 Å². The Morgan fingerprint density at radius 1 is 1.33 bits per heavy atom. The van der Waals surface area contributed by atoms with E-state index in [4.69, 9.17) is 9.47 Å². The van der Waals surface area contributed by atoms with Gasteiger partial charge in [-0.15, -0.1) is 0 Å². The van der Waals surface area contributed by atoms with Gasteiger partial charge in [-0.3, -0.25) is 9.48 Å². The molecule has 1 unspecified atom stereocenters. The van der Waals surface area contributed by atoms with E-state index in [1.54, 1.807) is 0 Å². The van der Waals surface area contributed by atoms with Crippen LogP contribution in [0.3, 0.4) is 0 Å². The Morgan fingerprint density at radius 2 is 2.08 bits per heavy atom. The molecule has 1 amide bonds. The molecule has 3 rings (SSSR count). The first-order chi connectivity index (χ1) is 11.6. The fourth-order valence-electron chi connectivity index (χ4n) is 3.16. The maximum absolute atomic E-state index is 12.7. The summed E-state index contributed by atoms with van der Waals surface area (Å²) in [5, 5.41) is 4.47. The molecule has 0 N–H and O–H groups in total. The molecule has 1 fully saturated rings. The lowest BCUT2D eigenvalue weighted by molar-refractivity contribution is -0.142. The Kier molecular flexibility index (Phi) is 4.85. The van der Waals surface area contributed by atoms with Gasteiger partial charge in [0.05, 0.1) is 24.9 Å². The van der Waals surface area contributed by atoms with Crippen LogP contribution in [0.1, 0.15) is 23.0 Å². The number of ether oxygens (including phenoxy) is 2. The monoisotopic (exact) mass is 329 g/mol. The number of morpholine rings is 1. The first-order valence-electron chi connectivity index (χ1n) is 8.13. The highest BCUT2D eigenvalue weighted by atomic mass is 16.5. The maximum Gasteiger partial charge on any atom is 0.261 e. The van der Waals surface area contributed by atoms with Crippen molar-refractivity contribution in [2.24, 2.45) is 7.05 Å². The average molecular weight is 329 g/mol. The summed E-state index contributed by atoms with van der Waals surface area (Å²) in [6, 6.07) is 9.28. The zero-order chi connectivity index (χ0) is 17.1. The molecule has 0 bridgehead atoms. The second-order valence-electron chi connectivity index (χ2n) is 5.99. The SMILES string of the molecule is Cc1nn(C)c(C)c1C1COCCN1C(=O)COc1ccccc1. The van der Waals surface area contributed by atoms with Crippen molar-refractivity contribution in [1.82, 2.24) is 14.7 Å². The average Bonchev–Trinajstić information content (AvgIpc) is 2.86. The van der Waals surface area contributed by atoms with Crippen LogP contribution >= 0.6 is 0 Å². The molecule has 0 saturated carbocycles.